The Labute approximate surface area is 118 Å². The number of carbonyl (C=O) groups is 1. The molecule has 0 aliphatic carbocycles. The summed E-state index contributed by atoms with van der Waals surface area (Å²) in [4.78, 5) is 21.6. The van der Waals surface area contributed by atoms with Crippen molar-refractivity contribution in [2.45, 2.75) is 20.3 Å². The zero-order valence-corrected chi connectivity index (χ0v) is 12.3. The fraction of sp³-hybridized carbons (Fsp3) is 0.583. The van der Waals surface area contributed by atoms with Crippen LogP contribution < -0.4 is 10.6 Å². The highest BCUT2D eigenvalue weighted by atomic mass is 35.5. The monoisotopic (exact) mass is 285 g/mol. The van der Waals surface area contributed by atoms with Gasteiger partial charge in [0.05, 0.1) is 12.7 Å². The third kappa shape index (κ3) is 4.90. The maximum Gasteiger partial charge on any atom is 0.241 e. The van der Waals surface area contributed by atoms with E-state index in [1.165, 1.54) is 6.20 Å². The molecule has 0 aliphatic rings. The lowest BCUT2D eigenvalue weighted by molar-refractivity contribution is -0.127. The number of nitrogens with zero attached hydrogens (tertiary/aromatic N) is 3. The van der Waals surface area contributed by atoms with Crippen LogP contribution in [0, 0.1) is 0 Å². The standard InChI is InChI=1S/C12H20ClN5O/c1-4-6-14-12-16-7-9(13)11(17-12)15-8-10(19)18(3)5-2/h7H,4-6,8H2,1-3H3,(H2,14,15,16,17). The predicted molar refractivity (Wildman–Crippen MR) is 77.6 cm³/mol. The van der Waals surface area contributed by atoms with Crippen LogP contribution in [-0.4, -0.2) is 47.5 Å². The van der Waals surface area contributed by atoms with Crippen molar-refractivity contribution in [1.29, 1.82) is 0 Å². The molecule has 0 saturated carbocycles. The van der Waals surface area contributed by atoms with Crippen molar-refractivity contribution >= 4 is 29.3 Å². The van der Waals surface area contributed by atoms with Crippen molar-refractivity contribution < 1.29 is 4.79 Å². The molecule has 1 rings (SSSR count). The fourth-order valence-corrected chi connectivity index (χ4v) is 1.44. The Kier molecular flexibility index (Phi) is 6.35. The SMILES string of the molecule is CCCNc1ncc(Cl)c(NCC(=O)N(C)CC)n1. The lowest BCUT2D eigenvalue weighted by Gasteiger charge is -2.15. The van der Waals surface area contributed by atoms with Gasteiger partial charge in [-0.25, -0.2) is 4.98 Å². The van der Waals surface area contributed by atoms with Gasteiger partial charge < -0.3 is 15.5 Å². The number of carbonyl (C=O) groups excluding carboxylic acids is 1. The quantitative estimate of drug-likeness (QED) is 0.800. The van der Waals surface area contributed by atoms with Gasteiger partial charge >= 0.3 is 0 Å². The summed E-state index contributed by atoms with van der Waals surface area (Å²) < 4.78 is 0. The summed E-state index contributed by atoms with van der Waals surface area (Å²) in [5.41, 5.74) is 0. The number of hydrogen-bond acceptors (Lipinski definition) is 5. The van der Waals surface area contributed by atoms with Gasteiger partial charge in [0.1, 0.15) is 5.02 Å². The number of halogens is 1. The Morgan fingerprint density at radius 1 is 1.42 bits per heavy atom. The molecule has 0 radical (unpaired) electrons. The normalized spacial score (nSPS) is 10.1. The van der Waals surface area contributed by atoms with Crippen molar-refractivity contribution in [3.8, 4) is 0 Å². The van der Waals surface area contributed by atoms with E-state index in [0.29, 0.717) is 23.3 Å². The van der Waals surface area contributed by atoms with Gasteiger partial charge in [0.2, 0.25) is 11.9 Å². The summed E-state index contributed by atoms with van der Waals surface area (Å²) >= 11 is 5.99. The summed E-state index contributed by atoms with van der Waals surface area (Å²) in [5.74, 6) is 0.957. The van der Waals surface area contributed by atoms with E-state index < -0.39 is 0 Å². The molecule has 1 amide bonds. The second kappa shape index (κ2) is 7.78. The second-order valence-electron chi connectivity index (χ2n) is 4.08. The number of hydrogen-bond donors (Lipinski definition) is 2. The van der Waals surface area contributed by atoms with E-state index in [4.69, 9.17) is 11.6 Å². The van der Waals surface area contributed by atoms with E-state index in [9.17, 15) is 4.79 Å². The van der Waals surface area contributed by atoms with Gasteiger partial charge in [0.25, 0.3) is 0 Å². The Morgan fingerprint density at radius 3 is 2.79 bits per heavy atom. The number of nitrogens with one attached hydrogen (secondary N) is 2. The molecular weight excluding hydrogens is 266 g/mol. The van der Waals surface area contributed by atoms with Crippen molar-refractivity contribution in [2.75, 3.05) is 37.3 Å². The molecule has 1 heterocycles. The molecule has 0 fully saturated rings. The third-order valence-electron chi connectivity index (χ3n) is 2.58. The molecule has 19 heavy (non-hydrogen) atoms. The van der Waals surface area contributed by atoms with Crippen molar-refractivity contribution in [2.24, 2.45) is 0 Å². The molecule has 2 N–H and O–H groups in total. The van der Waals surface area contributed by atoms with Crippen molar-refractivity contribution in [1.82, 2.24) is 14.9 Å². The molecule has 0 aromatic carbocycles. The van der Waals surface area contributed by atoms with E-state index in [0.717, 1.165) is 13.0 Å². The van der Waals surface area contributed by atoms with E-state index in [-0.39, 0.29) is 12.5 Å². The number of rotatable bonds is 7. The van der Waals surface area contributed by atoms with E-state index in [2.05, 4.69) is 27.5 Å². The van der Waals surface area contributed by atoms with Gasteiger partial charge in [0, 0.05) is 20.1 Å². The van der Waals surface area contributed by atoms with Crippen LogP contribution in [0.1, 0.15) is 20.3 Å². The van der Waals surface area contributed by atoms with Crippen LogP contribution in [0.2, 0.25) is 5.02 Å². The van der Waals surface area contributed by atoms with Crippen LogP contribution in [0.15, 0.2) is 6.20 Å². The molecular formula is C12H20ClN5O. The molecule has 7 heteroatoms. The fourth-order valence-electron chi connectivity index (χ4n) is 1.28. The van der Waals surface area contributed by atoms with Gasteiger partial charge in [-0.15, -0.1) is 0 Å². The zero-order valence-electron chi connectivity index (χ0n) is 11.5. The molecule has 0 unspecified atom stereocenters. The minimum absolute atomic E-state index is 0.0137. The van der Waals surface area contributed by atoms with Gasteiger partial charge in [0.15, 0.2) is 5.82 Å². The summed E-state index contributed by atoms with van der Waals surface area (Å²) in [5, 5.41) is 6.40. The molecule has 1 aromatic rings. The first-order chi connectivity index (χ1) is 9.08. The predicted octanol–water partition coefficient (Wildman–Crippen LogP) is 1.84. The van der Waals surface area contributed by atoms with Crippen LogP contribution in [0.25, 0.3) is 0 Å². The first kappa shape index (κ1) is 15.5. The number of aromatic nitrogens is 2. The first-order valence-electron chi connectivity index (χ1n) is 6.32. The Morgan fingerprint density at radius 2 is 2.16 bits per heavy atom. The van der Waals surface area contributed by atoms with Gasteiger partial charge in [-0.1, -0.05) is 18.5 Å². The Hall–Kier alpha value is -1.56. The highest BCUT2D eigenvalue weighted by Crippen LogP contribution is 2.19. The van der Waals surface area contributed by atoms with E-state index in [1.54, 1.807) is 11.9 Å². The highest BCUT2D eigenvalue weighted by Gasteiger charge is 2.09. The Bertz CT molecular complexity index is 427. The maximum atomic E-state index is 11.7. The summed E-state index contributed by atoms with van der Waals surface area (Å²) in [6, 6.07) is 0. The summed E-state index contributed by atoms with van der Waals surface area (Å²) in [7, 11) is 1.75. The number of amides is 1. The zero-order chi connectivity index (χ0) is 14.3. The third-order valence-corrected chi connectivity index (χ3v) is 2.86. The van der Waals surface area contributed by atoms with Crippen LogP contribution in [0.3, 0.4) is 0 Å². The van der Waals surface area contributed by atoms with Crippen LogP contribution in [0.4, 0.5) is 11.8 Å². The van der Waals surface area contributed by atoms with Crippen molar-refractivity contribution in [3.63, 3.8) is 0 Å². The molecule has 6 nitrogen and oxygen atoms in total. The molecule has 0 bridgehead atoms. The minimum atomic E-state index is -0.0137. The number of anilines is 2. The lowest BCUT2D eigenvalue weighted by Crippen LogP contribution is -2.32. The molecule has 0 spiro atoms. The van der Waals surface area contributed by atoms with Crippen molar-refractivity contribution in [3.05, 3.63) is 11.2 Å². The average Bonchev–Trinajstić information content (AvgIpc) is 2.43. The largest absolute Gasteiger partial charge is 0.360 e. The second-order valence-corrected chi connectivity index (χ2v) is 4.49. The maximum absolute atomic E-state index is 11.7. The Balaban J connectivity index is 2.64. The molecule has 0 atom stereocenters. The minimum Gasteiger partial charge on any atom is -0.360 e. The average molecular weight is 286 g/mol. The molecule has 0 aliphatic heterocycles. The molecule has 1 aromatic heterocycles. The lowest BCUT2D eigenvalue weighted by atomic mass is 10.4. The van der Waals surface area contributed by atoms with Crippen LogP contribution >= 0.6 is 11.6 Å². The summed E-state index contributed by atoms with van der Waals surface area (Å²) in [6.07, 6.45) is 2.50. The first-order valence-corrected chi connectivity index (χ1v) is 6.70. The van der Waals surface area contributed by atoms with Gasteiger partial charge in [-0.05, 0) is 13.3 Å². The molecule has 106 valence electrons. The van der Waals surface area contributed by atoms with E-state index in [1.807, 2.05) is 6.92 Å². The van der Waals surface area contributed by atoms with Crippen LogP contribution in [-0.2, 0) is 4.79 Å². The van der Waals surface area contributed by atoms with Crippen LogP contribution in [0.5, 0.6) is 0 Å². The smallest absolute Gasteiger partial charge is 0.241 e. The topological polar surface area (TPSA) is 70.2 Å². The van der Waals surface area contributed by atoms with Gasteiger partial charge in [-0.3, -0.25) is 4.79 Å². The highest BCUT2D eigenvalue weighted by molar-refractivity contribution is 6.32. The number of likely N-dealkylation sites (N-methyl/N-ethyl adjacent to an activating group) is 1. The van der Waals surface area contributed by atoms with Gasteiger partial charge in [-0.2, -0.15) is 4.98 Å². The summed E-state index contributed by atoms with van der Waals surface area (Å²) in [6.45, 7) is 5.60. The molecule has 0 saturated heterocycles. The van der Waals surface area contributed by atoms with E-state index >= 15 is 0 Å².